The van der Waals surface area contributed by atoms with Crippen LogP contribution in [-0.4, -0.2) is 23.6 Å². The van der Waals surface area contributed by atoms with Gasteiger partial charge in [-0.15, -0.1) is 0 Å². The molecule has 0 aliphatic carbocycles. The highest BCUT2D eigenvalue weighted by atomic mass is 19.4. The number of halogens is 3. The number of pyridine rings is 1. The number of hydrogen-bond acceptors (Lipinski definition) is 2. The lowest BCUT2D eigenvalue weighted by Crippen LogP contribution is -2.38. The van der Waals surface area contributed by atoms with Gasteiger partial charge in [-0.3, -0.25) is 9.78 Å². The van der Waals surface area contributed by atoms with Crippen molar-refractivity contribution in [3.8, 4) is 0 Å². The summed E-state index contributed by atoms with van der Waals surface area (Å²) >= 11 is 0. The molecule has 1 aromatic heterocycles. The van der Waals surface area contributed by atoms with Crippen molar-refractivity contribution in [3.05, 3.63) is 30.1 Å². The van der Waals surface area contributed by atoms with E-state index in [1.165, 1.54) is 5.56 Å². The van der Waals surface area contributed by atoms with Crippen LogP contribution in [0.3, 0.4) is 0 Å². The van der Waals surface area contributed by atoms with Crippen molar-refractivity contribution in [3.63, 3.8) is 0 Å². The number of aryl methyl sites for hydroxylation is 1. The van der Waals surface area contributed by atoms with Gasteiger partial charge in [0.2, 0.25) is 0 Å². The Morgan fingerprint density at radius 1 is 1.44 bits per heavy atom. The summed E-state index contributed by atoms with van der Waals surface area (Å²) in [6.07, 6.45) is -1.15. The molecule has 0 fully saturated rings. The van der Waals surface area contributed by atoms with E-state index in [1.807, 2.05) is 25.3 Å². The van der Waals surface area contributed by atoms with Gasteiger partial charge in [-0.2, -0.15) is 13.2 Å². The van der Waals surface area contributed by atoms with Crippen LogP contribution in [0.2, 0.25) is 0 Å². The first-order valence-electron chi connectivity index (χ1n) is 5.45. The first-order chi connectivity index (χ1) is 8.23. The van der Waals surface area contributed by atoms with Crippen LogP contribution in [0.25, 0.3) is 0 Å². The lowest BCUT2D eigenvalue weighted by atomic mass is 10.2. The van der Waals surface area contributed by atoms with Gasteiger partial charge in [0, 0.05) is 18.9 Å². The van der Waals surface area contributed by atoms with Gasteiger partial charge >= 0.3 is 12.1 Å². The zero-order valence-electron chi connectivity index (χ0n) is 10.6. The second kappa shape index (κ2) is 7.68. The van der Waals surface area contributed by atoms with Gasteiger partial charge in [-0.1, -0.05) is 19.9 Å². The lowest BCUT2D eigenvalue weighted by molar-refractivity contribution is -0.173. The maximum absolute atomic E-state index is 11.5. The summed E-state index contributed by atoms with van der Waals surface area (Å²) in [6, 6.07) is 3.95. The summed E-state index contributed by atoms with van der Waals surface area (Å²) in [5.74, 6) is -1.84. The number of hydrogen-bond donors (Lipinski definition) is 1. The Kier molecular flexibility index (Phi) is 7.00. The summed E-state index contributed by atoms with van der Waals surface area (Å²) in [5, 5.41) is 1.76. The Balaban J connectivity index is 0.000000351. The highest BCUT2D eigenvalue weighted by molar-refractivity contribution is 5.81. The van der Waals surface area contributed by atoms with Crippen molar-refractivity contribution in [1.82, 2.24) is 10.3 Å². The molecule has 0 aliphatic heterocycles. The van der Waals surface area contributed by atoms with E-state index in [-0.39, 0.29) is 12.5 Å². The van der Waals surface area contributed by atoms with E-state index in [9.17, 15) is 18.0 Å². The molecule has 0 unspecified atom stereocenters. The predicted octanol–water partition coefficient (Wildman–Crippen LogP) is 2.71. The first-order valence-corrected chi connectivity index (χ1v) is 5.45. The number of aromatic nitrogens is 1. The number of amides is 1. The van der Waals surface area contributed by atoms with E-state index in [0.717, 1.165) is 0 Å². The molecule has 1 rings (SSSR count). The number of alkyl halides is 3. The van der Waals surface area contributed by atoms with Gasteiger partial charge in [0.05, 0.1) is 0 Å². The first kappa shape index (κ1) is 16.4. The zero-order valence-corrected chi connectivity index (χ0v) is 10.6. The van der Waals surface area contributed by atoms with E-state index in [1.54, 1.807) is 25.4 Å². The van der Waals surface area contributed by atoms with E-state index < -0.39 is 12.1 Å². The Morgan fingerprint density at radius 3 is 2.33 bits per heavy atom. The normalized spacial score (nSPS) is 10.6. The monoisotopic (exact) mass is 262 g/mol. The Labute approximate surface area is 104 Å². The van der Waals surface area contributed by atoms with Gasteiger partial charge in [0.25, 0.3) is 0 Å². The van der Waals surface area contributed by atoms with E-state index in [0.29, 0.717) is 0 Å². The molecule has 0 aromatic carbocycles. The number of carbonyl (C=O) groups excluding carboxylic acids is 1. The summed E-state index contributed by atoms with van der Waals surface area (Å²) < 4.78 is 34.5. The molecule has 0 aliphatic rings. The SMILES string of the molecule is CC(C)CNC(=O)C(F)(F)F.Cc1cccnc1. The van der Waals surface area contributed by atoms with Crippen LogP contribution >= 0.6 is 0 Å². The molecule has 6 heteroatoms. The summed E-state index contributed by atoms with van der Waals surface area (Å²) in [7, 11) is 0. The summed E-state index contributed by atoms with van der Waals surface area (Å²) in [6.45, 7) is 5.51. The van der Waals surface area contributed by atoms with Crippen LogP contribution in [0, 0.1) is 12.8 Å². The van der Waals surface area contributed by atoms with Crippen LogP contribution in [0.5, 0.6) is 0 Å². The third-order valence-electron chi connectivity index (χ3n) is 1.74. The molecule has 1 amide bonds. The Bertz CT molecular complexity index is 350. The molecule has 0 saturated heterocycles. The minimum absolute atomic E-state index is 0.0290. The largest absolute Gasteiger partial charge is 0.471 e. The molecule has 1 aromatic rings. The third kappa shape index (κ3) is 8.55. The number of nitrogens with zero attached hydrogens (tertiary/aromatic N) is 1. The standard InChI is InChI=1S/C6H10F3NO.C6H7N/c1-4(2)3-10-5(11)6(7,8)9;1-6-3-2-4-7-5-6/h4H,3H2,1-2H3,(H,10,11);2-5H,1H3. The van der Waals surface area contributed by atoms with Crippen LogP contribution in [-0.2, 0) is 4.79 Å². The molecule has 3 nitrogen and oxygen atoms in total. The third-order valence-corrected chi connectivity index (χ3v) is 1.74. The second-order valence-corrected chi connectivity index (χ2v) is 4.13. The molecule has 1 N–H and O–H groups in total. The lowest BCUT2D eigenvalue weighted by Gasteiger charge is -2.08. The smallest absolute Gasteiger partial charge is 0.348 e. The summed E-state index contributed by atoms with van der Waals surface area (Å²) in [4.78, 5) is 14.0. The highest BCUT2D eigenvalue weighted by Crippen LogP contribution is 2.13. The van der Waals surface area contributed by atoms with Gasteiger partial charge in [-0.05, 0) is 24.5 Å². The maximum Gasteiger partial charge on any atom is 0.471 e. The molecule has 0 atom stereocenters. The van der Waals surface area contributed by atoms with Crippen molar-refractivity contribution in [2.45, 2.75) is 26.9 Å². The highest BCUT2D eigenvalue weighted by Gasteiger charge is 2.38. The average molecular weight is 262 g/mol. The molecule has 102 valence electrons. The topological polar surface area (TPSA) is 42.0 Å². The van der Waals surface area contributed by atoms with Crippen LogP contribution in [0.15, 0.2) is 24.5 Å². The molecule has 0 bridgehead atoms. The molecular formula is C12H17F3N2O. The molecule has 0 saturated carbocycles. The van der Waals surface area contributed by atoms with Gasteiger partial charge in [0.1, 0.15) is 0 Å². The molecule has 0 radical (unpaired) electrons. The fourth-order valence-electron chi connectivity index (χ4n) is 0.845. The quantitative estimate of drug-likeness (QED) is 0.890. The van der Waals surface area contributed by atoms with Crippen molar-refractivity contribution >= 4 is 5.91 Å². The Hall–Kier alpha value is -1.59. The van der Waals surface area contributed by atoms with E-state index in [2.05, 4.69) is 4.98 Å². The van der Waals surface area contributed by atoms with Crippen molar-refractivity contribution in [1.29, 1.82) is 0 Å². The van der Waals surface area contributed by atoms with Gasteiger partial charge < -0.3 is 5.32 Å². The zero-order chi connectivity index (χ0) is 14.2. The molecule has 0 spiro atoms. The van der Waals surface area contributed by atoms with Gasteiger partial charge in [-0.25, -0.2) is 0 Å². The van der Waals surface area contributed by atoms with Crippen molar-refractivity contribution in [2.75, 3.05) is 6.54 Å². The predicted molar refractivity (Wildman–Crippen MR) is 62.9 cm³/mol. The van der Waals surface area contributed by atoms with Crippen LogP contribution < -0.4 is 5.32 Å². The van der Waals surface area contributed by atoms with Crippen molar-refractivity contribution < 1.29 is 18.0 Å². The van der Waals surface area contributed by atoms with Gasteiger partial charge in [0.15, 0.2) is 0 Å². The molecule has 18 heavy (non-hydrogen) atoms. The van der Waals surface area contributed by atoms with Crippen LogP contribution in [0.1, 0.15) is 19.4 Å². The number of nitrogens with one attached hydrogen (secondary N) is 1. The second-order valence-electron chi connectivity index (χ2n) is 4.13. The molecular weight excluding hydrogens is 245 g/mol. The number of rotatable bonds is 2. The fraction of sp³-hybridized carbons (Fsp3) is 0.500. The average Bonchev–Trinajstić information content (AvgIpc) is 2.26. The van der Waals surface area contributed by atoms with Crippen molar-refractivity contribution in [2.24, 2.45) is 5.92 Å². The summed E-state index contributed by atoms with van der Waals surface area (Å²) in [5.41, 5.74) is 1.21. The van der Waals surface area contributed by atoms with E-state index >= 15 is 0 Å². The minimum atomic E-state index is -4.76. The van der Waals surface area contributed by atoms with E-state index in [4.69, 9.17) is 0 Å². The van der Waals surface area contributed by atoms with Crippen LogP contribution in [0.4, 0.5) is 13.2 Å². The fourth-order valence-corrected chi connectivity index (χ4v) is 0.845. The Morgan fingerprint density at radius 2 is 2.06 bits per heavy atom. The molecule has 1 heterocycles. The minimum Gasteiger partial charge on any atom is -0.348 e. The maximum atomic E-state index is 11.5. The number of carbonyl (C=O) groups is 1.